The van der Waals surface area contributed by atoms with E-state index in [0.29, 0.717) is 4.90 Å². The van der Waals surface area contributed by atoms with Crippen LogP contribution in [0, 0.1) is 12.3 Å². The summed E-state index contributed by atoms with van der Waals surface area (Å²) in [6, 6.07) is 6.88. The third-order valence-electron chi connectivity index (χ3n) is 3.86. The van der Waals surface area contributed by atoms with Crippen molar-refractivity contribution in [2.24, 2.45) is 5.41 Å². The maximum Gasteiger partial charge on any atom is 0.240 e. The van der Waals surface area contributed by atoms with Crippen molar-refractivity contribution in [2.45, 2.75) is 38.5 Å². The first-order valence-corrected chi connectivity index (χ1v) is 8.05. The van der Waals surface area contributed by atoms with Crippen LogP contribution < -0.4 is 4.72 Å². The number of sulfonamides is 1. The van der Waals surface area contributed by atoms with Crippen LogP contribution in [0.25, 0.3) is 0 Å². The fourth-order valence-electron chi connectivity index (χ4n) is 1.96. The molecule has 0 aromatic heterocycles. The van der Waals surface area contributed by atoms with E-state index < -0.39 is 10.0 Å². The Hall–Kier alpha value is -0.910. The topological polar surface area (TPSA) is 66.4 Å². The van der Waals surface area contributed by atoms with E-state index in [-0.39, 0.29) is 18.6 Å². The lowest BCUT2D eigenvalue weighted by atomic mass is 9.84. The van der Waals surface area contributed by atoms with Crippen molar-refractivity contribution in [3.05, 3.63) is 29.8 Å². The summed E-state index contributed by atoms with van der Waals surface area (Å²) in [5.41, 5.74) is 0.341. The lowest BCUT2D eigenvalue weighted by Crippen LogP contribution is -2.39. The second-order valence-corrected chi connectivity index (χ2v) is 6.69. The fraction of sp³-hybridized carbons (Fsp3) is 0.571. The first-order valence-electron chi connectivity index (χ1n) is 6.57. The van der Waals surface area contributed by atoms with Gasteiger partial charge in [0.2, 0.25) is 10.0 Å². The molecule has 0 aliphatic heterocycles. The van der Waals surface area contributed by atoms with E-state index >= 15 is 0 Å². The van der Waals surface area contributed by atoms with Crippen molar-refractivity contribution in [1.29, 1.82) is 0 Å². The van der Waals surface area contributed by atoms with Gasteiger partial charge in [-0.2, -0.15) is 0 Å². The maximum atomic E-state index is 12.3. The molecular weight excluding hydrogens is 262 g/mol. The van der Waals surface area contributed by atoms with Crippen molar-refractivity contribution in [2.75, 3.05) is 13.2 Å². The molecule has 1 aromatic carbocycles. The van der Waals surface area contributed by atoms with E-state index in [4.69, 9.17) is 0 Å². The van der Waals surface area contributed by atoms with E-state index in [2.05, 4.69) is 4.72 Å². The summed E-state index contributed by atoms with van der Waals surface area (Å²) in [5.74, 6) is 0. The van der Waals surface area contributed by atoms with Gasteiger partial charge in [-0.15, -0.1) is 0 Å². The van der Waals surface area contributed by atoms with E-state index in [0.717, 1.165) is 18.4 Å². The zero-order valence-electron chi connectivity index (χ0n) is 11.8. The molecule has 0 fully saturated rings. The van der Waals surface area contributed by atoms with Crippen LogP contribution in [0.3, 0.4) is 0 Å². The molecular formula is C14H23NO3S. The molecule has 19 heavy (non-hydrogen) atoms. The maximum absolute atomic E-state index is 12.3. The average molecular weight is 285 g/mol. The van der Waals surface area contributed by atoms with Gasteiger partial charge in [0, 0.05) is 18.6 Å². The Morgan fingerprint density at radius 3 is 2.26 bits per heavy atom. The molecule has 0 aliphatic rings. The highest BCUT2D eigenvalue weighted by molar-refractivity contribution is 7.89. The van der Waals surface area contributed by atoms with Gasteiger partial charge in [-0.05, 0) is 31.4 Å². The van der Waals surface area contributed by atoms with Crippen LogP contribution in [0.15, 0.2) is 29.2 Å². The van der Waals surface area contributed by atoms with Gasteiger partial charge >= 0.3 is 0 Å². The third-order valence-corrected chi connectivity index (χ3v) is 5.42. The minimum absolute atomic E-state index is 0.0176. The summed E-state index contributed by atoms with van der Waals surface area (Å²) in [7, 11) is -3.52. The van der Waals surface area contributed by atoms with Crippen LogP contribution in [0.2, 0.25) is 0 Å². The average Bonchev–Trinajstić information content (AvgIpc) is 2.41. The van der Waals surface area contributed by atoms with Crippen LogP contribution in [0.1, 0.15) is 32.3 Å². The number of hydrogen-bond donors (Lipinski definition) is 2. The lowest BCUT2D eigenvalue weighted by Gasteiger charge is -2.29. The zero-order chi connectivity index (χ0) is 14.5. The number of benzene rings is 1. The number of hydrogen-bond acceptors (Lipinski definition) is 3. The molecule has 1 rings (SSSR count). The van der Waals surface area contributed by atoms with Gasteiger partial charge in [0.15, 0.2) is 0 Å². The molecule has 0 bridgehead atoms. The molecule has 0 aliphatic carbocycles. The first-order chi connectivity index (χ1) is 8.90. The van der Waals surface area contributed by atoms with Crippen molar-refractivity contribution >= 4 is 10.0 Å². The minimum Gasteiger partial charge on any atom is -0.396 e. The summed E-state index contributed by atoms with van der Waals surface area (Å²) in [6.45, 7) is 5.93. The molecule has 4 nitrogen and oxygen atoms in total. The Kier molecular flexibility index (Phi) is 5.52. The van der Waals surface area contributed by atoms with Gasteiger partial charge < -0.3 is 5.11 Å². The van der Waals surface area contributed by atoms with Gasteiger partial charge in [-0.25, -0.2) is 13.1 Å². The summed E-state index contributed by atoms with van der Waals surface area (Å²) >= 11 is 0. The van der Waals surface area contributed by atoms with Crippen LogP contribution in [0.5, 0.6) is 0 Å². The molecule has 0 atom stereocenters. The van der Waals surface area contributed by atoms with Crippen molar-refractivity contribution in [1.82, 2.24) is 4.72 Å². The van der Waals surface area contributed by atoms with E-state index in [1.807, 2.05) is 19.9 Å². The Balaban J connectivity index is 2.90. The van der Waals surface area contributed by atoms with Gasteiger partial charge in [-0.3, -0.25) is 0 Å². The highest BCUT2D eigenvalue weighted by atomic mass is 32.2. The second kappa shape index (κ2) is 6.50. The summed E-state index contributed by atoms with van der Waals surface area (Å²) < 4.78 is 27.1. The number of aliphatic hydroxyl groups excluding tert-OH is 1. The molecule has 108 valence electrons. The van der Waals surface area contributed by atoms with E-state index in [1.165, 1.54) is 0 Å². The highest BCUT2D eigenvalue weighted by Gasteiger charge is 2.28. The summed E-state index contributed by atoms with van der Waals surface area (Å²) in [6.07, 6.45) is 1.46. The van der Waals surface area contributed by atoms with Crippen LogP contribution in [-0.4, -0.2) is 26.7 Å². The predicted octanol–water partition coefficient (Wildman–Crippen LogP) is 2.07. The molecule has 0 unspecified atom stereocenters. The molecule has 0 spiro atoms. The molecule has 0 radical (unpaired) electrons. The second-order valence-electron chi connectivity index (χ2n) is 4.96. The predicted molar refractivity (Wildman–Crippen MR) is 76.5 cm³/mol. The molecule has 0 amide bonds. The first kappa shape index (κ1) is 16.1. The summed E-state index contributed by atoms with van der Waals surface area (Å²) in [5, 5.41) is 9.46. The Morgan fingerprint density at radius 1 is 1.21 bits per heavy atom. The van der Waals surface area contributed by atoms with Crippen LogP contribution >= 0.6 is 0 Å². The number of nitrogens with one attached hydrogen (secondary N) is 1. The lowest BCUT2D eigenvalue weighted by molar-refractivity contribution is 0.119. The Morgan fingerprint density at radius 2 is 1.79 bits per heavy atom. The number of aryl methyl sites for hydroxylation is 1. The molecule has 0 saturated carbocycles. The fourth-order valence-corrected chi connectivity index (χ4v) is 3.36. The monoisotopic (exact) mass is 285 g/mol. The smallest absolute Gasteiger partial charge is 0.240 e. The highest BCUT2D eigenvalue weighted by Crippen LogP contribution is 2.25. The number of aliphatic hydroxyl groups is 1. The van der Waals surface area contributed by atoms with Gasteiger partial charge in [0.05, 0.1) is 4.90 Å². The minimum atomic E-state index is -3.52. The van der Waals surface area contributed by atoms with Gasteiger partial charge in [0.1, 0.15) is 0 Å². The van der Waals surface area contributed by atoms with Crippen molar-refractivity contribution in [3.63, 3.8) is 0 Å². The molecule has 5 heteroatoms. The van der Waals surface area contributed by atoms with Crippen LogP contribution in [-0.2, 0) is 10.0 Å². The molecule has 0 heterocycles. The van der Waals surface area contributed by atoms with Gasteiger partial charge in [-0.1, -0.05) is 32.0 Å². The standard InChI is InChI=1S/C14H23NO3S/c1-4-14(5-2,11-16)10-15-19(17,18)13-9-7-6-8-12(13)3/h6-9,15-16H,4-5,10-11H2,1-3H3. The largest absolute Gasteiger partial charge is 0.396 e. The van der Waals surface area contributed by atoms with Crippen molar-refractivity contribution < 1.29 is 13.5 Å². The van der Waals surface area contributed by atoms with E-state index in [1.54, 1.807) is 25.1 Å². The summed E-state index contributed by atoms with van der Waals surface area (Å²) in [4.78, 5) is 0.300. The van der Waals surface area contributed by atoms with E-state index in [9.17, 15) is 13.5 Å². The third kappa shape index (κ3) is 3.78. The zero-order valence-corrected chi connectivity index (χ0v) is 12.6. The quantitative estimate of drug-likeness (QED) is 0.806. The Labute approximate surface area is 115 Å². The Bertz CT molecular complexity index is 499. The van der Waals surface area contributed by atoms with Gasteiger partial charge in [0.25, 0.3) is 0 Å². The molecule has 0 saturated heterocycles. The van der Waals surface area contributed by atoms with Crippen LogP contribution in [0.4, 0.5) is 0 Å². The molecule has 2 N–H and O–H groups in total. The van der Waals surface area contributed by atoms with Crippen molar-refractivity contribution in [3.8, 4) is 0 Å². The molecule has 1 aromatic rings. The normalized spacial score (nSPS) is 12.6. The SMILES string of the molecule is CCC(CC)(CO)CNS(=O)(=O)c1ccccc1C. The number of rotatable bonds is 7.